The number of aliphatic imine (C=N–C) groups is 1. The Kier molecular flexibility index (Phi) is 5.44. The van der Waals surface area contributed by atoms with Crippen LogP contribution in [0.15, 0.2) is 89.0 Å². The maximum Gasteiger partial charge on any atom is 0.274 e. The minimum Gasteiger partial charge on any atom is -0.321 e. The van der Waals surface area contributed by atoms with Gasteiger partial charge in [-0.05, 0) is 55.3 Å². The fraction of sp³-hybridized carbons (Fsp3) is 0.0909. The highest BCUT2D eigenvalue weighted by Gasteiger charge is 2.32. The van der Waals surface area contributed by atoms with Gasteiger partial charge in [-0.3, -0.25) is 24.5 Å². The van der Waals surface area contributed by atoms with Gasteiger partial charge in [0.1, 0.15) is 18.4 Å². The van der Waals surface area contributed by atoms with E-state index in [1.807, 2.05) is 49.7 Å². The second kappa shape index (κ2) is 8.69. The van der Waals surface area contributed by atoms with E-state index in [0.29, 0.717) is 12.2 Å². The second-order valence-electron chi connectivity index (χ2n) is 7.27. The topological polar surface area (TPSA) is 103 Å². The van der Waals surface area contributed by atoms with Gasteiger partial charge in [0, 0.05) is 28.5 Å². The van der Waals surface area contributed by atoms with Crippen molar-refractivity contribution >= 4 is 35.2 Å². The number of carbonyl (C=O) groups is 1. The number of anilines is 2. The van der Waals surface area contributed by atoms with Crippen LogP contribution in [0, 0.1) is 6.92 Å². The molecule has 1 aromatic carbocycles. The van der Waals surface area contributed by atoms with Gasteiger partial charge >= 0.3 is 0 Å². The second-order valence-corrected chi connectivity index (χ2v) is 8.39. The smallest absolute Gasteiger partial charge is 0.274 e. The van der Waals surface area contributed by atoms with E-state index in [4.69, 9.17) is 0 Å². The molecule has 9 nitrogen and oxygen atoms in total. The van der Waals surface area contributed by atoms with E-state index >= 15 is 0 Å². The first-order chi connectivity index (χ1) is 15.6. The molecule has 0 aliphatic carbocycles. The van der Waals surface area contributed by atoms with E-state index in [1.165, 1.54) is 0 Å². The fourth-order valence-electron chi connectivity index (χ4n) is 3.35. The molecule has 0 spiro atoms. The lowest BCUT2D eigenvalue weighted by molar-refractivity contribution is -0.699. The van der Waals surface area contributed by atoms with Crippen molar-refractivity contribution in [2.45, 2.75) is 11.8 Å². The number of amides is 1. The number of H-pyrrole nitrogens is 1. The van der Waals surface area contributed by atoms with E-state index in [0.717, 1.165) is 38.7 Å². The summed E-state index contributed by atoms with van der Waals surface area (Å²) in [4.78, 5) is 23.0. The summed E-state index contributed by atoms with van der Waals surface area (Å²) in [5.74, 6) is 2.49. The highest BCUT2D eigenvalue weighted by Crippen LogP contribution is 2.26. The summed E-state index contributed by atoms with van der Waals surface area (Å²) >= 11 is 1.60. The van der Waals surface area contributed by atoms with Crippen LogP contribution in [0.25, 0.3) is 0 Å². The van der Waals surface area contributed by atoms with Crippen molar-refractivity contribution in [2.24, 2.45) is 4.99 Å². The van der Waals surface area contributed by atoms with Crippen molar-refractivity contribution < 1.29 is 9.69 Å². The molecule has 0 saturated heterocycles. The molecule has 0 bridgehead atoms. The Labute approximate surface area is 189 Å². The van der Waals surface area contributed by atoms with Crippen LogP contribution < -0.4 is 15.5 Å². The molecule has 10 heteroatoms. The molecule has 0 radical (unpaired) electrons. The number of nitrogens with zero attached hydrogens (tertiary/aromatic N) is 4. The molecule has 4 N–H and O–H groups in total. The molecular weight excluding hydrogens is 424 g/mol. The van der Waals surface area contributed by atoms with Gasteiger partial charge in [0.15, 0.2) is 5.82 Å². The molecule has 1 amide bonds. The molecule has 32 heavy (non-hydrogen) atoms. The summed E-state index contributed by atoms with van der Waals surface area (Å²) in [6, 6.07) is 14.9. The maximum absolute atomic E-state index is 12.3. The number of nitrogens with one attached hydrogen (secondary N) is 4. The minimum absolute atomic E-state index is 0.232. The van der Waals surface area contributed by atoms with Crippen molar-refractivity contribution in [3.05, 3.63) is 90.5 Å². The molecule has 0 saturated carbocycles. The lowest BCUT2D eigenvalue weighted by Gasteiger charge is -2.27. The standard InChI is InChI=1S/C22H20N8OS/c1-15-12-19(28-27-15)26-21-14-29(13-20-24-10-11-30(20)21)32-17-7-5-16(6-8-17)25-22(31)18-4-2-3-9-23-18/h2-12,14H,13H2,1H3,(H,25,31)(H2,26,27,28)/p+1. The van der Waals surface area contributed by atoms with Crippen molar-refractivity contribution in [3.8, 4) is 0 Å². The number of hydrogen-bond donors (Lipinski definition) is 4. The number of rotatable bonds is 6. The van der Waals surface area contributed by atoms with Crippen LogP contribution in [-0.2, 0) is 0 Å². The van der Waals surface area contributed by atoms with Gasteiger partial charge in [-0.25, -0.2) is 9.89 Å². The Hall–Kier alpha value is -3.89. The average Bonchev–Trinajstić information content (AvgIpc) is 3.44. The lowest BCUT2D eigenvalue weighted by atomic mass is 10.3. The van der Waals surface area contributed by atoms with Gasteiger partial charge in [-0.2, -0.15) is 5.10 Å². The first kappa shape index (κ1) is 20.0. The highest BCUT2D eigenvalue weighted by molar-refractivity contribution is 7.97. The zero-order valence-electron chi connectivity index (χ0n) is 17.2. The molecule has 3 aromatic rings. The molecule has 5 rings (SSSR count). The van der Waals surface area contributed by atoms with Crippen molar-refractivity contribution in [1.82, 2.24) is 19.5 Å². The predicted octanol–water partition coefficient (Wildman–Crippen LogP) is 2.37. The van der Waals surface area contributed by atoms with E-state index in [2.05, 4.69) is 41.3 Å². The number of amidine groups is 1. The highest BCUT2D eigenvalue weighted by atomic mass is 32.2. The normalized spacial score (nSPS) is 16.9. The lowest BCUT2D eigenvalue weighted by Crippen LogP contribution is -3.10. The molecule has 1 atom stereocenters. The van der Waals surface area contributed by atoms with E-state index < -0.39 is 0 Å². The third kappa shape index (κ3) is 4.41. The fourth-order valence-corrected chi connectivity index (χ4v) is 4.22. The number of pyridine rings is 1. The number of benzene rings is 1. The number of quaternary nitrogens is 1. The SMILES string of the molecule is Cc1cc(NC2=CN(Sc3ccc(NC(=O)c4ccccn4)cc3)CC3=NC=C[NH+]23)n[nH]1. The third-order valence-electron chi connectivity index (χ3n) is 4.85. The van der Waals surface area contributed by atoms with Gasteiger partial charge < -0.3 is 5.32 Å². The third-order valence-corrected chi connectivity index (χ3v) is 5.80. The monoisotopic (exact) mass is 445 g/mol. The first-order valence-electron chi connectivity index (χ1n) is 10.0. The summed E-state index contributed by atoms with van der Waals surface area (Å²) in [5.41, 5.74) is 2.09. The van der Waals surface area contributed by atoms with Crippen LogP contribution in [0.5, 0.6) is 0 Å². The predicted molar refractivity (Wildman–Crippen MR) is 124 cm³/mol. The summed E-state index contributed by atoms with van der Waals surface area (Å²) in [5, 5.41) is 13.5. The maximum atomic E-state index is 12.3. The first-order valence-corrected chi connectivity index (χ1v) is 10.8. The van der Waals surface area contributed by atoms with Crippen molar-refractivity contribution in [1.29, 1.82) is 0 Å². The summed E-state index contributed by atoms with van der Waals surface area (Å²) in [7, 11) is 0. The van der Waals surface area contributed by atoms with Gasteiger partial charge in [0.25, 0.3) is 5.91 Å². The molecule has 2 aromatic heterocycles. The number of aromatic amines is 1. The molecule has 4 heterocycles. The van der Waals surface area contributed by atoms with Crippen LogP contribution in [0.1, 0.15) is 16.2 Å². The number of hydrogen-bond acceptors (Lipinski definition) is 7. The molecule has 160 valence electrons. The zero-order chi connectivity index (χ0) is 21.9. The summed E-state index contributed by atoms with van der Waals surface area (Å²) < 4.78 is 2.12. The molecule has 2 aliphatic heterocycles. The Balaban J connectivity index is 1.27. The van der Waals surface area contributed by atoms with Gasteiger partial charge in [-0.15, -0.1) is 0 Å². The van der Waals surface area contributed by atoms with E-state index in [-0.39, 0.29) is 5.91 Å². The number of aromatic nitrogens is 3. The van der Waals surface area contributed by atoms with Crippen molar-refractivity contribution in [2.75, 3.05) is 17.2 Å². The summed E-state index contributed by atoms with van der Waals surface area (Å²) in [6.07, 6.45) is 7.50. The van der Waals surface area contributed by atoms with Crippen LogP contribution >= 0.6 is 11.9 Å². The van der Waals surface area contributed by atoms with Crippen molar-refractivity contribution in [3.63, 3.8) is 0 Å². The Bertz CT molecular complexity index is 1220. The molecule has 0 fully saturated rings. The van der Waals surface area contributed by atoms with Gasteiger partial charge in [0.2, 0.25) is 11.7 Å². The average molecular weight is 446 g/mol. The van der Waals surface area contributed by atoms with Crippen LogP contribution in [0.4, 0.5) is 11.5 Å². The van der Waals surface area contributed by atoms with Gasteiger partial charge in [-0.1, -0.05) is 6.07 Å². The van der Waals surface area contributed by atoms with E-state index in [1.54, 1.807) is 36.3 Å². The van der Waals surface area contributed by atoms with Gasteiger partial charge in [0.05, 0.1) is 12.4 Å². The number of carbonyl (C=O) groups excluding carboxylic acids is 1. The molecule has 2 aliphatic rings. The van der Waals surface area contributed by atoms with Crippen LogP contribution in [-0.4, -0.2) is 37.8 Å². The Morgan fingerprint density at radius 1 is 1.22 bits per heavy atom. The largest absolute Gasteiger partial charge is 0.321 e. The van der Waals surface area contributed by atoms with E-state index in [9.17, 15) is 4.79 Å². The number of fused-ring (bicyclic) bond motifs is 1. The Morgan fingerprint density at radius 3 is 2.84 bits per heavy atom. The minimum atomic E-state index is -0.232. The molecular formula is C22H21N8OS+. The zero-order valence-corrected chi connectivity index (χ0v) is 18.1. The van der Waals surface area contributed by atoms with Crippen LogP contribution in [0.2, 0.25) is 0 Å². The summed E-state index contributed by atoms with van der Waals surface area (Å²) in [6.45, 7) is 2.66. The van der Waals surface area contributed by atoms with Crippen LogP contribution in [0.3, 0.4) is 0 Å². The quantitative estimate of drug-likeness (QED) is 0.435. The molecule has 1 unspecified atom stereocenters. The Morgan fingerprint density at radius 2 is 2.09 bits per heavy atom. The number of aryl methyl sites for hydroxylation is 1.